The van der Waals surface area contributed by atoms with E-state index in [1.807, 2.05) is 0 Å². The lowest BCUT2D eigenvalue weighted by molar-refractivity contribution is 0.0279. The molecule has 3 nitrogen and oxygen atoms in total. The van der Waals surface area contributed by atoms with Gasteiger partial charge in [-0.1, -0.05) is 13.3 Å². The number of rotatable bonds is 5. The van der Waals surface area contributed by atoms with E-state index in [1.165, 1.54) is 0 Å². The fraction of sp³-hybridized carbons (Fsp3) is 1.00. The van der Waals surface area contributed by atoms with E-state index in [4.69, 9.17) is 14.6 Å². The summed E-state index contributed by atoms with van der Waals surface area (Å²) in [6, 6.07) is 0. The van der Waals surface area contributed by atoms with Crippen LogP contribution in [0.1, 0.15) is 26.2 Å². The minimum absolute atomic E-state index is 0.0108. The molecule has 72 valence electrons. The molecule has 0 aromatic carbocycles. The van der Waals surface area contributed by atoms with E-state index in [0.717, 1.165) is 25.9 Å². The molecule has 1 fully saturated rings. The summed E-state index contributed by atoms with van der Waals surface area (Å²) in [5, 5.41) is 8.77. The second-order valence-corrected chi connectivity index (χ2v) is 3.22. The van der Waals surface area contributed by atoms with Crippen LogP contribution in [-0.4, -0.2) is 37.1 Å². The zero-order valence-electron chi connectivity index (χ0n) is 7.66. The molecule has 2 atom stereocenters. The van der Waals surface area contributed by atoms with Crippen LogP contribution in [0.25, 0.3) is 0 Å². The molecule has 0 saturated carbocycles. The summed E-state index contributed by atoms with van der Waals surface area (Å²) >= 11 is 0. The molecule has 0 unspecified atom stereocenters. The predicted octanol–water partition coefficient (Wildman–Crippen LogP) is 0.953. The van der Waals surface area contributed by atoms with Crippen molar-refractivity contribution in [3.05, 3.63) is 0 Å². The maximum atomic E-state index is 8.77. The van der Waals surface area contributed by atoms with Crippen LogP contribution in [0.2, 0.25) is 0 Å². The van der Waals surface area contributed by atoms with Crippen LogP contribution in [0.3, 0.4) is 0 Å². The molecule has 0 radical (unpaired) electrons. The molecule has 12 heavy (non-hydrogen) atoms. The van der Waals surface area contributed by atoms with E-state index in [0.29, 0.717) is 6.61 Å². The summed E-state index contributed by atoms with van der Waals surface area (Å²) in [6.07, 6.45) is 3.35. The molecule has 0 amide bonds. The molecule has 1 rings (SSSR count). The van der Waals surface area contributed by atoms with Gasteiger partial charge in [0.2, 0.25) is 0 Å². The van der Waals surface area contributed by atoms with Gasteiger partial charge in [-0.15, -0.1) is 0 Å². The van der Waals surface area contributed by atoms with Crippen molar-refractivity contribution < 1.29 is 14.6 Å². The van der Waals surface area contributed by atoms with Gasteiger partial charge in [-0.2, -0.15) is 0 Å². The van der Waals surface area contributed by atoms with E-state index in [-0.39, 0.29) is 18.8 Å². The minimum Gasteiger partial charge on any atom is -0.394 e. The number of unbranched alkanes of at least 4 members (excludes halogenated alkanes) is 1. The fourth-order valence-corrected chi connectivity index (χ4v) is 1.31. The Kier molecular flexibility index (Phi) is 4.58. The number of aliphatic hydroxyl groups excluding tert-OH is 1. The van der Waals surface area contributed by atoms with Crippen molar-refractivity contribution in [2.24, 2.45) is 0 Å². The third kappa shape index (κ3) is 3.09. The van der Waals surface area contributed by atoms with Gasteiger partial charge in [0.05, 0.1) is 25.4 Å². The summed E-state index contributed by atoms with van der Waals surface area (Å²) in [7, 11) is 0. The first kappa shape index (κ1) is 9.96. The van der Waals surface area contributed by atoms with Crippen LogP contribution in [0.4, 0.5) is 0 Å². The monoisotopic (exact) mass is 174 g/mol. The van der Waals surface area contributed by atoms with Crippen molar-refractivity contribution in [2.75, 3.05) is 19.8 Å². The topological polar surface area (TPSA) is 38.7 Å². The van der Waals surface area contributed by atoms with Crippen molar-refractivity contribution in [1.29, 1.82) is 0 Å². The van der Waals surface area contributed by atoms with Crippen molar-refractivity contribution >= 4 is 0 Å². The highest BCUT2D eigenvalue weighted by molar-refractivity contribution is 4.72. The lowest BCUT2D eigenvalue weighted by Crippen LogP contribution is -2.14. The van der Waals surface area contributed by atoms with Gasteiger partial charge in [-0.3, -0.25) is 0 Å². The molecule has 1 saturated heterocycles. The molecule has 0 aromatic heterocycles. The van der Waals surface area contributed by atoms with Crippen LogP contribution in [0.15, 0.2) is 0 Å². The van der Waals surface area contributed by atoms with Crippen LogP contribution in [0, 0.1) is 0 Å². The Morgan fingerprint density at radius 3 is 3.00 bits per heavy atom. The van der Waals surface area contributed by atoms with Gasteiger partial charge in [-0.05, 0) is 6.42 Å². The van der Waals surface area contributed by atoms with Gasteiger partial charge in [-0.25, -0.2) is 0 Å². The second-order valence-electron chi connectivity index (χ2n) is 3.22. The second kappa shape index (κ2) is 5.51. The van der Waals surface area contributed by atoms with Gasteiger partial charge in [0.25, 0.3) is 0 Å². The van der Waals surface area contributed by atoms with Gasteiger partial charge in [0.15, 0.2) is 0 Å². The summed E-state index contributed by atoms with van der Waals surface area (Å²) < 4.78 is 10.8. The Hall–Kier alpha value is -0.120. The van der Waals surface area contributed by atoms with Crippen molar-refractivity contribution in [3.63, 3.8) is 0 Å². The normalized spacial score (nSPS) is 29.5. The highest BCUT2D eigenvalue weighted by Gasteiger charge is 2.24. The zero-order chi connectivity index (χ0) is 8.81. The first-order valence-electron chi connectivity index (χ1n) is 4.71. The molecule has 0 aromatic rings. The molecule has 0 aliphatic carbocycles. The maximum Gasteiger partial charge on any atom is 0.0834 e. The predicted molar refractivity (Wildman–Crippen MR) is 46.1 cm³/mol. The summed E-state index contributed by atoms with van der Waals surface area (Å²) in [5.74, 6) is 0. The van der Waals surface area contributed by atoms with E-state index in [9.17, 15) is 0 Å². The molecule has 1 aliphatic heterocycles. The van der Waals surface area contributed by atoms with Crippen LogP contribution in [0.5, 0.6) is 0 Å². The van der Waals surface area contributed by atoms with Gasteiger partial charge < -0.3 is 14.6 Å². The smallest absolute Gasteiger partial charge is 0.0834 e. The SMILES string of the molecule is CCCCO[C@@H]1CO[C@H](CO)C1. The first-order valence-corrected chi connectivity index (χ1v) is 4.71. The van der Waals surface area contributed by atoms with Gasteiger partial charge in [0.1, 0.15) is 0 Å². The minimum atomic E-state index is 0.0108. The fourth-order valence-electron chi connectivity index (χ4n) is 1.31. The number of ether oxygens (including phenoxy) is 2. The van der Waals surface area contributed by atoms with E-state index < -0.39 is 0 Å². The zero-order valence-corrected chi connectivity index (χ0v) is 7.66. The quantitative estimate of drug-likeness (QED) is 0.631. The molecule has 1 aliphatic rings. The summed E-state index contributed by atoms with van der Waals surface area (Å²) in [6.45, 7) is 3.73. The molecule has 3 heteroatoms. The van der Waals surface area contributed by atoms with Gasteiger partial charge in [0, 0.05) is 13.0 Å². The third-order valence-corrected chi connectivity index (χ3v) is 2.10. The van der Waals surface area contributed by atoms with E-state index in [2.05, 4.69) is 6.92 Å². The number of hydrogen-bond donors (Lipinski definition) is 1. The van der Waals surface area contributed by atoms with E-state index in [1.54, 1.807) is 0 Å². The van der Waals surface area contributed by atoms with Crippen LogP contribution in [-0.2, 0) is 9.47 Å². The Balaban J connectivity index is 2.03. The van der Waals surface area contributed by atoms with Gasteiger partial charge >= 0.3 is 0 Å². The average Bonchev–Trinajstić information content (AvgIpc) is 2.53. The Morgan fingerprint density at radius 2 is 2.42 bits per heavy atom. The van der Waals surface area contributed by atoms with Crippen LogP contribution < -0.4 is 0 Å². The van der Waals surface area contributed by atoms with Crippen molar-refractivity contribution in [1.82, 2.24) is 0 Å². The molecule has 1 N–H and O–H groups in total. The number of aliphatic hydroxyl groups is 1. The highest BCUT2D eigenvalue weighted by Crippen LogP contribution is 2.15. The third-order valence-electron chi connectivity index (χ3n) is 2.10. The molecular weight excluding hydrogens is 156 g/mol. The Labute approximate surface area is 73.7 Å². The summed E-state index contributed by atoms with van der Waals surface area (Å²) in [5.41, 5.74) is 0. The standard InChI is InChI=1S/C9H18O3/c1-2-3-4-11-9-5-8(6-10)12-7-9/h8-10H,2-7H2,1H3/t8-,9-/m0/s1. The highest BCUT2D eigenvalue weighted by atomic mass is 16.6. The average molecular weight is 174 g/mol. The molecular formula is C9H18O3. The first-order chi connectivity index (χ1) is 5.86. The van der Waals surface area contributed by atoms with Crippen LogP contribution >= 0.6 is 0 Å². The molecule has 1 heterocycles. The van der Waals surface area contributed by atoms with Crippen molar-refractivity contribution in [2.45, 2.75) is 38.4 Å². The maximum absolute atomic E-state index is 8.77. The lowest BCUT2D eigenvalue weighted by atomic mass is 10.2. The van der Waals surface area contributed by atoms with E-state index >= 15 is 0 Å². The lowest BCUT2D eigenvalue weighted by Gasteiger charge is -2.08. The Morgan fingerprint density at radius 1 is 1.58 bits per heavy atom. The van der Waals surface area contributed by atoms with Crippen molar-refractivity contribution in [3.8, 4) is 0 Å². The Bertz CT molecular complexity index is 116. The molecule has 0 bridgehead atoms. The largest absolute Gasteiger partial charge is 0.394 e. The molecule has 0 spiro atoms. The number of hydrogen-bond acceptors (Lipinski definition) is 3. The summed E-state index contributed by atoms with van der Waals surface area (Å²) in [4.78, 5) is 0.